The summed E-state index contributed by atoms with van der Waals surface area (Å²) < 4.78 is 5.47. The van der Waals surface area contributed by atoms with Crippen molar-refractivity contribution < 1.29 is 14.3 Å². The van der Waals surface area contributed by atoms with Gasteiger partial charge >= 0.3 is 0 Å². The molecule has 2 heterocycles. The number of likely N-dealkylation sites (N-methyl/N-ethyl adjacent to an activating group) is 1. The molecule has 2 N–H and O–H groups in total. The van der Waals surface area contributed by atoms with Crippen molar-refractivity contribution in [2.24, 2.45) is 0 Å². The summed E-state index contributed by atoms with van der Waals surface area (Å²) in [5.74, 6) is 0.329. The highest BCUT2D eigenvalue weighted by Gasteiger charge is 2.26. The van der Waals surface area contributed by atoms with Gasteiger partial charge in [-0.1, -0.05) is 30.3 Å². The highest BCUT2D eigenvalue weighted by molar-refractivity contribution is 7.19. The van der Waals surface area contributed by atoms with Crippen LogP contribution >= 0.6 is 11.3 Å². The van der Waals surface area contributed by atoms with E-state index in [0.29, 0.717) is 34.1 Å². The van der Waals surface area contributed by atoms with Crippen LogP contribution < -0.4 is 15.4 Å². The second-order valence-corrected chi connectivity index (χ2v) is 7.28. The van der Waals surface area contributed by atoms with Crippen LogP contribution in [0.5, 0.6) is 5.75 Å². The number of nitrogen functional groups attached to an aromatic ring is 1. The molecule has 1 aromatic heterocycles. The van der Waals surface area contributed by atoms with Gasteiger partial charge in [-0.05, 0) is 36.8 Å². The predicted octanol–water partition coefficient (Wildman–Crippen LogP) is 3.97. The Labute approximate surface area is 161 Å². The van der Waals surface area contributed by atoms with Crippen LogP contribution in [-0.4, -0.2) is 24.8 Å². The molecule has 0 saturated carbocycles. The van der Waals surface area contributed by atoms with Crippen LogP contribution in [0.2, 0.25) is 0 Å². The molecule has 6 heteroatoms. The Morgan fingerprint density at radius 1 is 1.19 bits per heavy atom. The standard InChI is InChI=1S/C21H18N2O3S/c1-2-23-16-10-14(8-9-17(16)26-12-19(23)24)20(25)15-11-18(27-21(15)22)13-6-4-3-5-7-13/h3-11H,2,12,22H2,1H3. The molecule has 0 saturated heterocycles. The second-order valence-electron chi connectivity index (χ2n) is 6.19. The number of ketones is 1. The molecule has 1 amide bonds. The third kappa shape index (κ3) is 3.08. The number of amides is 1. The molecule has 0 atom stereocenters. The van der Waals surface area contributed by atoms with Crippen molar-refractivity contribution in [1.82, 2.24) is 0 Å². The fraction of sp³-hybridized carbons (Fsp3) is 0.143. The number of fused-ring (bicyclic) bond motifs is 1. The first-order valence-electron chi connectivity index (χ1n) is 8.65. The number of ether oxygens (including phenoxy) is 1. The maximum atomic E-state index is 13.1. The lowest BCUT2D eigenvalue weighted by molar-refractivity contribution is -0.121. The van der Waals surface area contributed by atoms with E-state index in [4.69, 9.17) is 10.5 Å². The van der Waals surface area contributed by atoms with E-state index in [1.54, 1.807) is 23.1 Å². The summed E-state index contributed by atoms with van der Waals surface area (Å²) in [6.45, 7) is 2.43. The molecule has 2 aromatic carbocycles. The maximum Gasteiger partial charge on any atom is 0.265 e. The van der Waals surface area contributed by atoms with Gasteiger partial charge in [0.2, 0.25) is 0 Å². The Morgan fingerprint density at radius 2 is 1.96 bits per heavy atom. The summed E-state index contributed by atoms with van der Waals surface area (Å²) >= 11 is 1.39. The Balaban J connectivity index is 1.71. The monoisotopic (exact) mass is 378 g/mol. The van der Waals surface area contributed by atoms with Crippen LogP contribution in [0.15, 0.2) is 54.6 Å². The number of nitrogens with zero attached hydrogens (tertiary/aromatic N) is 1. The number of anilines is 2. The minimum atomic E-state index is -0.164. The number of nitrogens with two attached hydrogens (primary N) is 1. The summed E-state index contributed by atoms with van der Waals surface area (Å²) in [6.07, 6.45) is 0. The molecule has 0 spiro atoms. The van der Waals surface area contributed by atoms with Crippen molar-refractivity contribution in [1.29, 1.82) is 0 Å². The number of thiophene rings is 1. The van der Waals surface area contributed by atoms with Crippen molar-refractivity contribution in [3.63, 3.8) is 0 Å². The Morgan fingerprint density at radius 3 is 2.70 bits per heavy atom. The summed E-state index contributed by atoms with van der Waals surface area (Å²) in [5, 5.41) is 0.483. The quantitative estimate of drug-likeness (QED) is 0.697. The third-order valence-corrected chi connectivity index (χ3v) is 5.56. The summed E-state index contributed by atoms with van der Waals surface area (Å²) in [5.41, 5.74) is 8.74. The molecule has 27 heavy (non-hydrogen) atoms. The molecular weight excluding hydrogens is 360 g/mol. The lowest BCUT2D eigenvalue weighted by atomic mass is 10.0. The van der Waals surface area contributed by atoms with Gasteiger partial charge in [0, 0.05) is 17.0 Å². The third-order valence-electron chi connectivity index (χ3n) is 4.54. The molecule has 136 valence electrons. The maximum absolute atomic E-state index is 13.1. The molecule has 3 aromatic rings. The van der Waals surface area contributed by atoms with E-state index < -0.39 is 0 Å². The van der Waals surface area contributed by atoms with Crippen LogP contribution in [-0.2, 0) is 4.79 Å². The minimum absolute atomic E-state index is 0.0199. The Hall–Kier alpha value is -3.12. The summed E-state index contributed by atoms with van der Waals surface area (Å²) in [6, 6.07) is 16.8. The average Bonchev–Trinajstić information content (AvgIpc) is 3.09. The normalized spacial score (nSPS) is 13.2. The minimum Gasteiger partial charge on any atom is -0.482 e. The lowest BCUT2D eigenvalue weighted by Gasteiger charge is -2.28. The second kappa shape index (κ2) is 6.89. The summed E-state index contributed by atoms with van der Waals surface area (Å²) in [7, 11) is 0. The smallest absolute Gasteiger partial charge is 0.265 e. The fourth-order valence-corrected chi connectivity index (χ4v) is 4.10. The Bertz CT molecular complexity index is 1030. The number of rotatable bonds is 4. The number of hydrogen-bond acceptors (Lipinski definition) is 5. The molecule has 1 aliphatic heterocycles. The fourth-order valence-electron chi connectivity index (χ4n) is 3.17. The molecule has 0 fully saturated rings. The topological polar surface area (TPSA) is 72.6 Å². The lowest BCUT2D eigenvalue weighted by Crippen LogP contribution is -2.38. The van der Waals surface area contributed by atoms with Gasteiger partial charge in [-0.25, -0.2) is 0 Å². The molecule has 0 radical (unpaired) electrons. The first-order valence-corrected chi connectivity index (χ1v) is 9.46. The Kier molecular flexibility index (Phi) is 4.41. The van der Waals surface area contributed by atoms with Gasteiger partial charge in [0.25, 0.3) is 5.91 Å². The highest BCUT2D eigenvalue weighted by atomic mass is 32.1. The van der Waals surface area contributed by atoms with Gasteiger partial charge < -0.3 is 15.4 Å². The first kappa shape index (κ1) is 17.3. The summed E-state index contributed by atoms with van der Waals surface area (Å²) in [4.78, 5) is 27.7. The largest absolute Gasteiger partial charge is 0.482 e. The zero-order chi connectivity index (χ0) is 19.0. The van der Waals surface area contributed by atoms with Gasteiger partial charge in [0.05, 0.1) is 16.3 Å². The molecule has 5 nitrogen and oxygen atoms in total. The SMILES string of the molecule is CCN1C(=O)COc2ccc(C(=O)c3cc(-c4ccccc4)sc3N)cc21. The van der Waals surface area contributed by atoms with Gasteiger partial charge in [-0.15, -0.1) is 11.3 Å². The van der Waals surface area contributed by atoms with E-state index in [1.807, 2.05) is 43.3 Å². The van der Waals surface area contributed by atoms with E-state index in [2.05, 4.69) is 0 Å². The molecule has 0 bridgehead atoms. The van der Waals surface area contributed by atoms with E-state index in [-0.39, 0.29) is 18.3 Å². The zero-order valence-corrected chi connectivity index (χ0v) is 15.6. The van der Waals surface area contributed by atoms with Crippen molar-refractivity contribution >= 4 is 33.7 Å². The molecule has 1 aliphatic rings. The predicted molar refractivity (Wildman–Crippen MR) is 108 cm³/mol. The van der Waals surface area contributed by atoms with Crippen molar-refractivity contribution in [3.05, 3.63) is 65.7 Å². The van der Waals surface area contributed by atoms with E-state index in [0.717, 1.165) is 10.4 Å². The van der Waals surface area contributed by atoms with Crippen molar-refractivity contribution in [2.75, 3.05) is 23.8 Å². The van der Waals surface area contributed by atoms with E-state index in [9.17, 15) is 9.59 Å². The van der Waals surface area contributed by atoms with Gasteiger partial charge in [0.15, 0.2) is 12.4 Å². The van der Waals surface area contributed by atoms with Gasteiger partial charge in [0.1, 0.15) is 5.75 Å². The molecular formula is C21H18N2O3S. The van der Waals surface area contributed by atoms with Crippen LogP contribution in [0, 0.1) is 0 Å². The van der Waals surface area contributed by atoms with E-state index in [1.165, 1.54) is 11.3 Å². The molecule has 0 aliphatic carbocycles. The van der Waals surface area contributed by atoms with Gasteiger partial charge in [-0.2, -0.15) is 0 Å². The average molecular weight is 378 g/mol. The number of carbonyl (C=O) groups excluding carboxylic acids is 2. The highest BCUT2D eigenvalue weighted by Crippen LogP contribution is 2.37. The zero-order valence-electron chi connectivity index (χ0n) is 14.8. The van der Waals surface area contributed by atoms with Crippen LogP contribution in [0.1, 0.15) is 22.8 Å². The van der Waals surface area contributed by atoms with Crippen LogP contribution in [0.4, 0.5) is 10.7 Å². The van der Waals surface area contributed by atoms with Crippen molar-refractivity contribution in [2.45, 2.75) is 6.92 Å². The number of carbonyl (C=O) groups is 2. The van der Waals surface area contributed by atoms with Crippen LogP contribution in [0.3, 0.4) is 0 Å². The number of hydrogen-bond donors (Lipinski definition) is 1. The molecule has 4 rings (SSSR count). The van der Waals surface area contributed by atoms with Crippen LogP contribution in [0.25, 0.3) is 10.4 Å². The number of benzene rings is 2. The van der Waals surface area contributed by atoms with E-state index >= 15 is 0 Å². The van der Waals surface area contributed by atoms with Gasteiger partial charge in [-0.3, -0.25) is 9.59 Å². The molecule has 0 unspecified atom stereocenters. The van der Waals surface area contributed by atoms with Crippen molar-refractivity contribution in [3.8, 4) is 16.2 Å². The first-order chi connectivity index (χ1) is 13.1.